The van der Waals surface area contributed by atoms with E-state index >= 15 is 0 Å². The Labute approximate surface area is 116 Å². The number of para-hydroxylation sites is 1. The minimum Gasteiger partial charge on any atom is -0.373 e. The lowest BCUT2D eigenvalue weighted by Gasteiger charge is -2.11. The van der Waals surface area contributed by atoms with E-state index < -0.39 is 0 Å². The average molecular weight is 272 g/mol. The van der Waals surface area contributed by atoms with Crippen LogP contribution in [0.15, 0.2) is 41.1 Å². The molecule has 0 saturated carbocycles. The van der Waals surface area contributed by atoms with E-state index in [4.69, 9.17) is 0 Å². The molecule has 1 aliphatic rings. The smallest absolute Gasteiger partial charge is 0.242 e. The number of nitrogens with one attached hydrogen (secondary N) is 2. The predicted octanol–water partition coefficient (Wildman–Crippen LogP) is 2.44. The summed E-state index contributed by atoms with van der Waals surface area (Å²) < 4.78 is 0. The maximum absolute atomic E-state index is 12.1. The van der Waals surface area contributed by atoms with Gasteiger partial charge in [-0.2, -0.15) is 11.3 Å². The van der Waals surface area contributed by atoms with Gasteiger partial charge in [0.15, 0.2) is 0 Å². The second kappa shape index (κ2) is 5.45. The molecule has 0 aliphatic carbocycles. The Morgan fingerprint density at radius 3 is 3.05 bits per heavy atom. The van der Waals surface area contributed by atoms with Crippen LogP contribution >= 0.6 is 11.3 Å². The summed E-state index contributed by atoms with van der Waals surface area (Å²) in [4.78, 5) is 12.1. The number of benzene rings is 1. The normalized spacial score (nSPS) is 16.7. The third-order valence-corrected chi connectivity index (χ3v) is 4.11. The Morgan fingerprint density at radius 1 is 1.37 bits per heavy atom. The number of amides is 1. The highest BCUT2D eigenvalue weighted by molar-refractivity contribution is 7.07. The van der Waals surface area contributed by atoms with Crippen LogP contribution in [0.3, 0.4) is 0 Å². The third kappa shape index (κ3) is 2.79. The van der Waals surface area contributed by atoms with Crippen molar-refractivity contribution in [3.8, 4) is 0 Å². The third-order valence-electron chi connectivity index (χ3n) is 3.38. The minimum absolute atomic E-state index is 0.0893. The van der Waals surface area contributed by atoms with E-state index in [9.17, 15) is 4.79 Å². The van der Waals surface area contributed by atoms with Crippen molar-refractivity contribution in [2.75, 3.05) is 11.9 Å². The molecular formula is C15H16N2OS. The molecule has 3 nitrogen and oxygen atoms in total. The number of fused-ring (bicyclic) bond motifs is 1. The van der Waals surface area contributed by atoms with Gasteiger partial charge in [-0.1, -0.05) is 18.2 Å². The predicted molar refractivity (Wildman–Crippen MR) is 78.6 cm³/mol. The highest BCUT2D eigenvalue weighted by Crippen LogP contribution is 2.24. The van der Waals surface area contributed by atoms with Gasteiger partial charge in [-0.05, 0) is 40.4 Å². The molecule has 2 N–H and O–H groups in total. The molecule has 1 unspecified atom stereocenters. The van der Waals surface area contributed by atoms with Gasteiger partial charge in [-0.3, -0.25) is 4.79 Å². The summed E-state index contributed by atoms with van der Waals surface area (Å²) in [6, 6.07) is 10.1. The van der Waals surface area contributed by atoms with Gasteiger partial charge in [0.1, 0.15) is 6.04 Å². The number of hydrogen-bond acceptors (Lipinski definition) is 3. The van der Waals surface area contributed by atoms with Crippen LogP contribution in [0.4, 0.5) is 5.69 Å². The summed E-state index contributed by atoms with van der Waals surface area (Å²) in [7, 11) is 0. The Bertz CT molecular complexity index is 540. The van der Waals surface area contributed by atoms with Crippen molar-refractivity contribution in [2.45, 2.75) is 18.9 Å². The molecule has 0 spiro atoms. The van der Waals surface area contributed by atoms with E-state index in [2.05, 4.69) is 33.5 Å². The van der Waals surface area contributed by atoms with Crippen LogP contribution in [-0.4, -0.2) is 18.5 Å². The largest absolute Gasteiger partial charge is 0.373 e. The van der Waals surface area contributed by atoms with Crippen molar-refractivity contribution in [1.82, 2.24) is 5.32 Å². The molecule has 1 atom stereocenters. The van der Waals surface area contributed by atoms with E-state index in [0.717, 1.165) is 18.5 Å². The topological polar surface area (TPSA) is 41.1 Å². The molecule has 0 saturated heterocycles. The Hall–Kier alpha value is -1.81. The van der Waals surface area contributed by atoms with Crippen LogP contribution in [0.25, 0.3) is 0 Å². The van der Waals surface area contributed by atoms with Crippen LogP contribution in [0.5, 0.6) is 0 Å². The van der Waals surface area contributed by atoms with Crippen molar-refractivity contribution >= 4 is 22.9 Å². The fourth-order valence-electron chi connectivity index (χ4n) is 2.34. The van der Waals surface area contributed by atoms with Crippen LogP contribution < -0.4 is 10.6 Å². The molecule has 19 heavy (non-hydrogen) atoms. The van der Waals surface area contributed by atoms with Gasteiger partial charge in [-0.15, -0.1) is 0 Å². The molecule has 2 aromatic rings. The first-order valence-corrected chi connectivity index (χ1v) is 7.40. The summed E-state index contributed by atoms with van der Waals surface area (Å²) in [5, 5.41) is 10.5. The highest BCUT2D eigenvalue weighted by Gasteiger charge is 2.25. The number of carbonyl (C=O) groups is 1. The minimum atomic E-state index is -0.125. The monoisotopic (exact) mass is 272 g/mol. The number of anilines is 1. The standard InChI is InChI=1S/C15H16N2OS/c18-15(16-7-5-11-6-8-19-10-11)14-9-12-3-1-2-4-13(12)17-14/h1-4,6,8,10,14,17H,5,7,9H2,(H,16,18). The number of carbonyl (C=O) groups excluding carboxylic acids is 1. The molecule has 1 aromatic carbocycles. The number of hydrogen-bond donors (Lipinski definition) is 2. The van der Waals surface area contributed by atoms with E-state index in [1.165, 1.54) is 11.1 Å². The lowest BCUT2D eigenvalue weighted by Crippen LogP contribution is -2.39. The zero-order chi connectivity index (χ0) is 13.1. The SMILES string of the molecule is O=C(NCCc1ccsc1)C1Cc2ccccc2N1. The maximum Gasteiger partial charge on any atom is 0.242 e. The quantitative estimate of drug-likeness (QED) is 0.897. The average Bonchev–Trinajstić information content (AvgIpc) is 3.07. The molecule has 4 heteroatoms. The van der Waals surface area contributed by atoms with Crippen LogP contribution in [0.2, 0.25) is 0 Å². The fourth-order valence-corrected chi connectivity index (χ4v) is 3.05. The van der Waals surface area contributed by atoms with Gasteiger partial charge in [0.25, 0.3) is 0 Å². The van der Waals surface area contributed by atoms with Gasteiger partial charge >= 0.3 is 0 Å². The number of thiophene rings is 1. The summed E-state index contributed by atoms with van der Waals surface area (Å²) in [5.41, 5.74) is 3.59. The van der Waals surface area contributed by atoms with Crippen molar-refractivity contribution < 1.29 is 4.79 Å². The maximum atomic E-state index is 12.1. The van der Waals surface area contributed by atoms with E-state index in [1.54, 1.807) is 11.3 Å². The Balaban J connectivity index is 1.50. The first-order valence-electron chi connectivity index (χ1n) is 6.46. The highest BCUT2D eigenvalue weighted by atomic mass is 32.1. The van der Waals surface area contributed by atoms with Crippen molar-refractivity contribution in [2.24, 2.45) is 0 Å². The van der Waals surface area contributed by atoms with Crippen molar-refractivity contribution in [3.63, 3.8) is 0 Å². The number of rotatable bonds is 4. The van der Waals surface area contributed by atoms with E-state index in [-0.39, 0.29) is 11.9 Å². The van der Waals surface area contributed by atoms with Crippen molar-refractivity contribution in [1.29, 1.82) is 0 Å². The lowest BCUT2D eigenvalue weighted by molar-refractivity contribution is -0.121. The summed E-state index contributed by atoms with van der Waals surface area (Å²) in [6.45, 7) is 0.699. The molecule has 1 aliphatic heterocycles. The lowest BCUT2D eigenvalue weighted by atomic mass is 10.1. The summed E-state index contributed by atoms with van der Waals surface area (Å²) in [6.07, 6.45) is 1.68. The second-order valence-corrected chi connectivity index (χ2v) is 5.51. The Kier molecular flexibility index (Phi) is 3.51. The summed E-state index contributed by atoms with van der Waals surface area (Å²) >= 11 is 1.69. The molecule has 1 amide bonds. The molecule has 2 heterocycles. The second-order valence-electron chi connectivity index (χ2n) is 4.73. The van der Waals surface area contributed by atoms with Crippen LogP contribution in [0.1, 0.15) is 11.1 Å². The van der Waals surface area contributed by atoms with Crippen molar-refractivity contribution in [3.05, 3.63) is 52.2 Å². The van der Waals surface area contributed by atoms with Gasteiger partial charge < -0.3 is 10.6 Å². The van der Waals surface area contributed by atoms with Gasteiger partial charge in [0.2, 0.25) is 5.91 Å². The molecule has 98 valence electrons. The first-order chi connectivity index (χ1) is 9.33. The molecular weight excluding hydrogens is 256 g/mol. The molecule has 0 bridgehead atoms. The van der Waals surface area contributed by atoms with Crippen LogP contribution in [0, 0.1) is 0 Å². The summed E-state index contributed by atoms with van der Waals surface area (Å²) in [5.74, 6) is 0.0893. The molecule has 0 radical (unpaired) electrons. The Morgan fingerprint density at radius 2 is 2.26 bits per heavy atom. The van der Waals surface area contributed by atoms with E-state index in [1.807, 2.05) is 18.2 Å². The fraction of sp³-hybridized carbons (Fsp3) is 0.267. The molecule has 3 rings (SSSR count). The molecule has 0 fully saturated rings. The molecule has 1 aromatic heterocycles. The van der Waals surface area contributed by atoms with E-state index in [0.29, 0.717) is 6.54 Å². The first kappa shape index (κ1) is 12.2. The van der Waals surface area contributed by atoms with Gasteiger partial charge in [-0.25, -0.2) is 0 Å². The van der Waals surface area contributed by atoms with Gasteiger partial charge in [0.05, 0.1) is 0 Å². The van der Waals surface area contributed by atoms with Gasteiger partial charge in [0, 0.05) is 18.7 Å². The zero-order valence-corrected chi connectivity index (χ0v) is 11.4. The van der Waals surface area contributed by atoms with Crippen LogP contribution in [-0.2, 0) is 17.6 Å². The zero-order valence-electron chi connectivity index (χ0n) is 10.6.